The number of amides is 1. The van der Waals surface area contributed by atoms with Gasteiger partial charge < -0.3 is 20.1 Å². The third kappa shape index (κ3) is 4.62. The van der Waals surface area contributed by atoms with Crippen LogP contribution in [-0.2, 0) is 0 Å². The van der Waals surface area contributed by atoms with Gasteiger partial charge in [-0.15, -0.1) is 0 Å². The van der Waals surface area contributed by atoms with Crippen molar-refractivity contribution in [2.45, 2.75) is 65.6 Å². The highest BCUT2D eigenvalue weighted by molar-refractivity contribution is 5.76. The second-order valence-corrected chi connectivity index (χ2v) is 9.95. The van der Waals surface area contributed by atoms with E-state index in [-0.39, 0.29) is 41.1 Å². The van der Waals surface area contributed by atoms with Crippen LogP contribution in [0.25, 0.3) is 16.9 Å². The van der Waals surface area contributed by atoms with Gasteiger partial charge >= 0.3 is 6.09 Å². The fourth-order valence-corrected chi connectivity index (χ4v) is 4.66. The summed E-state index contributed by atoms with van der Waals surface area (Å²) in [6.07, 6.45) is 3.51. The first-order valence-corrected chi connectivity index (χ1v) is 11.5. The monoisotopic (exact) mass is 470 g/mol. The van der Waals surface area contributed by atoms with Crippen molar-refractivity contribution < 1.29 is 19.0 Å². The third-order valence-electron chi connectivity index (χ3n) is 5.92. The molecule has 2 N–H and O–H groups in total. The molecule has 4 rings (SSSR count). The Morgan fingerprint density at radius 3 is 2.74 bits per heavy atom. The molecule has 1 amide bonds. The van der Waals surface area contributed by atoms with Crippen molar-refractivity contribution in [1.29, 1.82) is 0 Å². The number of likely N-dealkylation sites (tertiary alicyclic amines) is 1. The highest BCUT2D eigenvalue weighted by Crippen LogP contribution is 2.35. The number of pyridine rings is 1. The molecule has 9 nitrogen and oxygen atoms in total. The molecule has 0 bridgehead atoms. The minimum Gasteiger partial charge on any atom is -0.473 e. The number of aromatic nitrogens is 4. The van der Waals surface area contributed by atoms with Crippen LogP contribution in [0.3, 0.4) is 0 Å². The maximum atomic E-state index is 15.5. The van der Waals surface area contributed by atoms with E-state index in [1.165, 1.54) is 4.90 Å². The summed E-state index contributed by atoms with van der Waals surface area (Å²) in [5.41, 5.74) is 1.04. The van der Waals surface area contributed by atoms with Crippen LogP contribution in [0.5, 0.6) is 5.88 Å². The number of nitrogens with zero attached hydrogens (tertiary/aromatic N) is 5. The van der Waals surface area contributed by atoms with Gasteiger partial charge in [0.15, 0.2) is 11.6 Å². The lowest BCUT2D eigenvalue weighted by molar-refractivity contribution is 0.0517. The number of carboxylic acid groups (broad SMARTS) is 1. The highest BCUT2D eigenvalue weighted by atomic mass is 19.1. The van der Waals surface area contributed by atoms with E-state index in [1.54, 1.807) is 24.6 Å². The van der Waals surface area contributed by atoms with E-state index >= 15 is 4.39 Å². The molecule has 1 saturated heterocycles. The van der Waals surface area contributed by atoms with Gasteiger partial charge in [-0.2, -0.15) is 14.5 Å². The smallest absolute Gasteiger partial charge is 0.407 e. The topological polar surface area (TPSA) is 105 Å². The van der Waals surface area contributed by atoms with Gasteiger partial charge in [-0.05, 0) is 44.2 Å². The van der Waals surface area contributed by atoms with E-state index in [4.69, 9.17) is 4.74 Å². The van der Waals surface area contributed by atoms with E-state index < -0.39 is 11.9 Å². The molecule has 2 atom stereocenters. The van der Waals surface area contributed by atoms with Gasteiger partial charge in [-0.1, -0.05) is 26.8 Å². The third-order valence-corrected chi connectivity index (χ3v) is 5.92. The number of anilines is 1. The Bertz CT molecular complexity index is 1190. The molecule has 1 aliphatic rings. The van der Waals surface area contributed by atoms with Crippen molar-refractivity contribution in [3.05, 3.63) is 36.4 Å². The average Bonchev–Trinajstić information content (AvgIpc) is 3.19. The van der Waals surface area contributed by atoms with Gasteiger partial charge in [0.2, 0.25) is 5.82 Å². The number of hydrogen-bond donors (Lipinski definition) is 2. The Labute approximate surface area is 198 Å². The Hall–Kier alpha value is -3.43. The Morgan fingerprint density at radius 1 is 1.29 bits per heavy atom. The zero-order chi connectivity index (χ0) is 24.6. The SMILES string of the molecule is CC(C)Oc1nc(-c2cnn3ccccc23)nc(N[C@@H]2CCCN(C(=O)O)C2C(C)(C)C)c1F. The van der Waals surface area contributed by atoms with Gasteiger partial charge in [-0.25, -0.2) is 14.3 Å². The van der Waals surface area contributed by atoms with Crippen LogP contribution >= 0.6 is 0 Å². The Morgan fingerprint density at radius 2 is 2.06 bits per heavy atom. The standard InChI is InChI=1S/C24H31FN6O3/c1-14(2)34-22-18(25)21(27-16-9-8-11-30(23(32)33)19(16)24(3,4)5)28-20(29-22)15-13-26-31-12-7-6-10-17(15)31/h6-7,10,12-14,16,19H,8-9,11H2,1-5H3,(H,32,33)(H,27,28,29)/t16-,19?/m1/s1. The molecular weight excluding hydrogens is 439 g/mol. The molecule has 10 heteroatoms. The number of halogens is 1. The quantitative estimate of drug-likeness (QED) is 0.557. The van der Waals surface area contributed by atoms with Crippen molar-refractivity contribution in [3.63, 3.8) is 0 Å². The summed E-state index contributed by atoms with van der Waals surface area (Å²) in [5, 5.41) is 17.3. The number of piperidine rings is 1. The van der Waals surface area contributed by atoms with Gasteiger partial charge in [0.1, 0.15) is 0 Å². The Balaban J connectivity index is 1.79. The molecular formula is C24H31FN6O3. The van der Waals surface area contributed by atoms with E-state index in [2.05, 4.69) is 20.4 Å². The summed E-state index contributed by atoms with van der Waals surface area (Å²) in [6, 6.07) is 4.91. The normalized spacial score (nSPS) is 19.0. The van der Waals surface area contributed by atoms with Crippen molar-refractivity contribution in [1.82, 2.24) is 24.5 Å². The first-order chi connectivity index (χ1) is 16.1. The molecule has 1 fully saturated rings. The van der Waals surface area contributed by atoms with E-state index in [0.29, 0.717) is 24.9 Å². The Kier molecular flexibility index (Phi) is 6.33. The zero-order valence-electron chi connectivity index (χ0n) is 20.1. The fraction of sp³-hybridized carbons (Fsp3) is 0.500. The van der Waals surface area contributed by atoms with Crippen LogP contribution < -0.4 is 10.1 Å². The molecule has 0 radical (unpaired) electrons. The molecule has 0 saturated carbocycles. The predicted molar refractivity (Wildman–Crippen MR) is 127 cm³/mol. The minimum atomic E-state index is -0.981. The summed E-state index contributed by atoms with van der Waals surface area (Å²) in [4.78, 5) is 22.3. The van der Waals surface area contributed by atoms with Crippen molar-refractivity contribution in [3.8, 4) is 17.3 Å². The molecule has 1 aliphatic heterocycles. The maximum absolute atomic E-state index is 15.5. The van der Waals surface area contributed by atoms with Crippen LogP contribution in [0.4, 0.5) is 15.0 Å². The van der Waals surface area contributed by atoms with Crippen LogP contribution in [-0.4, -0.2) is 60.4 Å². The predicted octanol–water partition coefficient (Wildman–Crippen LogP) is 4.69. The maximum Gasteiger partial charge on any atom is 0.407 e. The van der Waals surface area contributed by atoms with Crippen LogP contribution in [0.15, 0.2) is 30.6 Å². The van der Waals surface area contributed by atoms with Gasteiger partial charge in [0, 0.05) is 18.8 Å². The van der Waals surface area contributed by atoms with Crippen molar-refractivity contribution in [2.24, 2.45) is 5.41 Å². The summed E-state index contributed by atoms with van der Waals surface area (Å²) in [5.74, 6) is -0.591. The number of nitrogens with one attached hydrogen (secondary N) is 1. The van der Waals surface area contributed by atoms with Gasteiger partial charge in [0.25, 0.3) is 5.88 Å². The molecule has 3 aromatic heterocycles. The molecule has 0 aliphatic carbocycles. The summed E-state index contributed by atoms with van der Waals surface area (Å²) in [7, 11) is 0. The molecule has 1 unspecified atom stereocenters. The molecule has 0 aromatic carbocycles. The highest BCUT2D eigenvalue weighted by Gasteiger charge is 2.42. The lowest BCUT2D eigenvalue weighted by Crippen LogP contribution is -2.58. The van der Waals surface area contributed by atoms with Crippen LogP contribution in [0.2, 0.25) is 0 Å². The summed E-state index contributed by atoms with van der Waals surface area (Å²) in [6.45, 7) is 10.00. The van der Waals surface area contributed by atoms with Crippen LogP contribution in [0.1, 0.15) is 47.5 Å². The van der Waals surface area contributed by atoms with Gasteiger partial charge in [-0.3, -0.25) is 0 Å². The van der Waals surface area contributed by atoms with E-state index in [9.17, 15) is 9.90 Å². The largest absolute Gasteiger partial charge is 0.473 e. The first kappa shape index (κ1) is 23.7. The number of fused-ring (bicyclic) bond motifs is 1. The lowest BCUT2D eigenvalue weighted by Gasteiger charge is -2.47. The molecule has 3 aromatic rings. The second kappa shape index (κ2) is 9.08. The number of ether oxygens (including phenoxy) is 1. The van der Waals surface area contributed by atoms with Crippen molar-refractivity contribution in [2.75, 3.05) is 11.9 Å². The first-order valence-electron chi connectivity index (χ1n) is 11.5. The van der Waals surface area contributed by atoms with E-state index in [0.717, 1.165) is 5.52 Å². The minimum absolute atomic E-state index is 0.0116. The summed E-state index contributed by atoms with van der Waals surface area (Å²) >= 11 is 0. The number of carbonyl (C=O) groups is 1. The zero-order valence-corrected chi connectivity index (χ0v) is 20.1. The average molecular weight is 471 g/mol. The molecule has 4 heterocycles. The summed E-state index contributed by atoms with van der Waals surface area (Å²) < 4.78 is 22.9. The molecule has 182 valence electrons. The van der Waals surface area contributed by atoms with Crippen molar-refractivity contribution >= 4 is 17.4 Å². The molecule has 34 heavy (non-hydrogen) atoms. The number of rotatable bonds is 5. The van der Waals surface area contributed by atoms with Gasteiger partial charge in [0.05, 0.1) is 29.4 Å². The number of hydrogen-bond acceptors (Lipinski definition) is 6. The lowest BCUT2D eigenvalue weighted by atomic mass is 9.77. The van der Waals surface area contributed by atoms with E-state index in [1.807, 2.05) is 45.2 Å². The van der Waals surface area contributed by atoms with Crippen LogP contribution in [0, 0.1) is 11.2 Å². The molecule has 0 spiro atoms. The fourth-order valence-electron chi connectivity index (χ4n) is 4.66. The second-order valence-electron chi connectivity index (χ2n) is 9.95.